The van der Waals surface area contributed by atoms with Crippen LogP contribution in [-0.2, 0) is 9.59 Å². The maximum atomic E-state index is 13.1. The largest absolute Gasteiger partial charge is 0.481 e. The lowest BCUT2D eigenvalue weighted by Crippen LogP contribution is -2.46. The second-order valence-electron chi connectivity index (χ2n) is 8.03. The van der Waals surface area contributed by atoms with Crippen LogP contribution in [0.2, 0.25) is 0 Å². The molecule has 1 unspecified atom stereocenters. The van der Waals surface area contributed by atoms with Crippen molar-refractivity contribution in [3.05, 3.63) is 35.9 Å². The zero-order valence-electron chi connectivity index (χ0n) is 16.5. The maximum absolute atomic E-state index is 13.1. The molecule has 1 aliphatic heterocycles. The van der Waals surface area contributed by atoms with E-state index in [0.717, 1.165) is 0 Å². The van der Waals surface area contributed by atoms with Gasteiger partial charge < -0.3 is 14.9 Å². The quantitative estimate of drug-likeness (QED) is 0.830. The van der Waals surface area contributed by atoms with E-state index in [9.17, 15) is 19.5 Å². The van der Waals surface area contributed by atoms with Gasteiger partial charge in [-0.1, -0.05) is 39.0 Å². The van der Waals surface area contributed by atoms with Crippen molar-refractivity contribution in [1.29, 1.82) is 0 Å². The van der Waals surface area contributed by atoms with Gasteiger partial charge in [-0.05, 0) is 30.9 Å². The number of rotatable bonds is 6. The molecule has 1 fully saturated rings. The minimum atomic E-state index is -0.956. The molecule has 1 saturated heterocycles. The lowest BCUT2D eigenvalue weighted by molar-refractivity contribution is -0.150. The maximum Gasteiger partial charge on any atom is 0.304 e. The van der Waals surface area contributed by atoms with Crippen molar-refractivity contribution in [3.8, 4) is 0 Å². The van der Waals surface area contributed by atoms with E-state index in [0.29, 0.717) is 44.6 Å². The Balaban J connectivity index is 2.08. The summed E-state index contributed by atoms with van der Waals surface area (Å²) in [6, 6.07) is 9.14. The molecule has 2 amide bonds. The molecule has 1 atom stereocenters. The smallest absolute Gasteiger partial charge is 0.304 e. The first-order valence-electron chi connectivity index (χ1n) is 9.58. The van der Waals surface area contributed by atoms with Crippen LogP contribution in [0.4, 0.5) is 0 Å². The lowest BCUT2D eigenvalue weighted by Gasteiger charge is -2.34. The number of carbonyl (C=O) groups excluding carboxylic acids is 2. The van der Waals surface area contributed by atoms with Crippen molar-refractivity contribution >= 4 is 17.8 Å². The van der Waals surface area contributed by atoms with Gasteiger partial charge in [0.25, 0.3) is 5.91 Å². The van der Waals surface area contributed by atoms with E-state index < -0.39 is 11.4 Å². The molecule has 0 aliphatic carbocycles. The van der Waals surface area contributed by atoms with Gasteiger partial charge in [0.2, 0.25) is 5.91 Å². The summed E-state index contributed by atoms with van der Waals surface area (Å²) in [7, 11) is 0. The van der Waals surface area contributed by atoms with Crippen molar-refractivity contribution in [2.24, 2.45) is 11.3 Å². The summed E-state index contributed by atoms with van der Waals surface area (Å²) in [6.07, 6.45) is 1.05. The highest BCUT2D eigenvalue weighted by Crippen LogP contribution is 2.33. The fourth-order valence-electron chi connectivity index (χ4n) is 3.94. The Morgan fingerprint density at radius 2 is 1.63 bits per heavy atom. The number of carboxylic acid groups (broad SMARTS) is 1. The summed E-state index contributed by atoms with van der Waals surface area (Å²) in [5.74, 6) is -0.878. The van der Waals surface area contributed by atoms with Crippen molar-refractivity contribution in [3.63, 3.8) is 0 Å². The van der Waals surface area contributed by atoms with E-state index in [4.69, 9.17) is 0 Å². The van der Waals surface area contributed by atoms with E-state index in [-0.39, 0.29) is 24.2 Å². The van der Waals surface area contributed by atoms with Crippen LogP contribution in [0.15, 0.2) is 30.3 Å². The van der Waals surface area contributed by atoms with Gasteiger partial charge in [-0.15, -0.1) is 0 Å². The first-order valence-corrected chi connectivity index (χ1v) is 9.58. The third-order valence-corrected chi connectivity index (χ3v) is 5.01. The van der Waals surface area contributed by atoms with E-state index in [1.807, 2.05) is 32.0 Å². The highest BCUT2D eigenvalue weighted by atomic mass is 16.4. The van der Waals surface area contributed by atoms with Gasteiger partial charge in [-0.2, -0.15) is 0 Å². The number of nitrogens with zero attached hydrogens (tertiary/aromatic N) is 2. The zero-order valence-corrected chi connectivity index (χ0v) is 16.5. The monoisotopic (exact) mass is 374 g/mol. The highest BCUT2D eigenvalue weighted by molar-refractivity contribution is 5.94. The van der Waals surface area contributed by atoms with Crippen molar-refractivity contribution in [2.75, 3.05) is 26.2 Å². The lowest BCUT2D eigenvalue weighted by atomic mass is 9.77. The summed E-state index contributed by atoms with van der Waals surface area (Å²) in [5, 5.41) is 9.28. The van der Waals surface area contributed by atoms with Gasteiger partial charge in [0, 0.05) is 31.7 Å². The van der Waals surface area contributed by atoms with E-state index >= 15 is 0 Å². The number of hydrogen-bond donors (Lipinski definition) is 1. The summed E-state index contributed by atoms with van der Waals surface area (Å²) < 4.78 is 0. The molecule has 0 aromatic heterocycles. The van der Waals surface area contributed by atoms with Gasteiger partial charge in [0.15, 0.2) is 0 Å². The third kappa shape index (κ3) is 5.55. The molecule has 1 aromatic rings. The topological polar surface area (TPSA) is 77.9 Å². The Morgan fingerprint density at radius 1 is 1.04 bits per heavy atom. The van der Waals surface area contributed by atoms with Gasteiger partial charge in [-0.3, -0.25) is 14.4 Å². The Morgan fingerprint density at radius 3 is 2.22 bits per heavy atom. The van der Waals surface area contributed by atoms with Gasteiger partial charge in [0.1, 0.15) is 0 Å². The molecule has 1 N–H and O–H groups in total. The second kappa shape index (κ2) is 9.02. The van der Waals surface area contributed by atoms with Crippen molar-refractivity contribution < 1.29 is 19.5 Å². The number of amides is 2. The van der Waals surface area contributed by atoms with Gasteiger partial charge >= 0.3 is 5.97 Å². The first kappa shape index (κ1) is 20.9. The predicted octanol–water partition coefficient (Wildman–Crippen LogP) is 2.89. The van der Waals surface area contributed by atoms with Crippen molar-refractivity contribution in [2.45, 2.75) is 40.0 Å². The molecule has 148 valence electrons. The van der Waals surface area contributed by atoms with Crippen LogP contribution < -0.4 is 0 Å². The first-order chi connectivity index (χ1) is 12.7. The Kier molecular flexibility index (Phi) is 6.99. The number of aliphatic carboxylic acids is 1. The van der Waals surface area contributed by atoms with Crippen LogP contribution in [0.3, 0.4) is 0 Å². The third-order valence-electron chi connectivity index (χ3n) is 5.01. The number of carbonyl (C=O) groups is 3. The van der Waals surface area contributed by atoms with E-state index in [1.54, 1.807) is 28.9 Å². The predicted molar refractivity (Wildman–Crippen MR) is 103 cm³/mol. The summed E-state index contributed by atoms with van der Waals surface area (Å²) >= 11 is 0. The second-order valence-corrected chi connectivity index (χ2v) is 8.03. The number of benzene rings is 1. The molecule has 0 saturated carbocycles. The summed E-state index contributed by atoms with van der Waals surface area (Å²) in [4.78, 5) is 40.7. The van der Waals surface area contributed by atoms with E-state index in [1.165, 1.54) is 0 Å². The molecule has 0 bridgehead atoms. The van der Waals surface area contributed by atoms with Crippen LogP contribution in [-0.4, -0.2) is 58.9 Å². The van der Waals surface area contributed by atoms with Crippen LogP contribution in [0.5, 0.6) is 0 Å². The molecular weight excluding hydrogens is 344 g/mol. The molecular formula is C21H30N2O4. The molecule has 1 heterocycles. The van der Waals surface area contributed by atoms with Crippen LogP contribution in [0.25, 0.3) is 0 Å². The fraction of sp³-hybridized carbons (Fsp3) is 0.571. The summed E-state index contributed by atoms with van der Waals surface area (Å²) in [6.45, 7) is 7.78. The zero-order chi connectivity index (χ0) is 20.0. The van der Waals surface area contributed by atoms with E-state index in [2.05, 4.69) is 0 Å². The molecule has 2 rings (SSSR count). The normalized spacial score (nSPS) is 17.3. The van der Waals surface area contributed by atoms with Crippen LogP contribution in [0.1, 0.15) is 50.4 Å². The average Bonchev–Trinajstić information content (AvgIpc) is 2.85. The standard InChI is InChI=1S/C21H30N2O4/c1-16(2)14-21(3,15-18(24)25)20(27)23-11-7-10-22(12-13-23)19(26)17-8-5-4-6-9-17/h4-6,8-9,16H,7,10-15H2,1-3H3,(H,24,25). The number of hydrogen-bond acceptors (Lipinski definition) is 3. The highest BCUT2D eigenvalue weighted by Gasteiger charge is 2.39. The minimum Gasteiger partial charge on any atom is -0.481 e. The van der Waals surface area contributed by atoms with Gasteiger partial charge in [0.05, 0.1) is 11.8 Å². The fourth-order valence-corrected chi connectivity index (χ4v) is 3.94. The molecule has 0 spiro atoms. The summed E-state index contributed by atoms with van der Waals surface area (Å²) in [5.41, 5.74) is -0.272. The SMILES string of the molecule is CC(C)CC(C)(CC(=O)O)C(=O)N1CCCN(C(=O)c2ccccc2)CC1. The molecule has 0 radical (unpaired) electrons. The minimum absolute atomic E-state index is 0.0274. The number of carboxylic acids is 1. The Hall–Kier alpha value is -2.37. The molecule has 6 nitrogen and oxygen atoms in total. The van der Waals surface area contributed by atoms with Crippen LogP contribution >= 0.6 is 0 Å². The van der Waals surface area contributed by atoms with Crippen LogP contribution in [0, 0.1) is 11.3 Å². The Labute approximate surface area is 161 Å². The van der Waals surface area contributed by atoms with Crippen molar-refractivity contribution in [1.82, 2.24) is 9.80 Å². The molecule has 27 heavy (non-hydrogen) atoms. The molecule has 1 aliphatic rings. The molecule has 6 heteroatoms. The Bertz CT molecular complexity index is 674. The average molecular weight is 374 g/mol. The molecule has 1 aromatic carbocycles. The van der Waals surface area contributed by atoms with Gasteiger partial charge in [-0.25, -0.2) is 0 Å².